The molecule has 1 N–H and O–H groups in total. The van der Waals surface area contributed by atoms with Crippen LogP contribution in [0.25, 0.3) is 0 Å². The van der Waals surface area contributed by atoms with Crippen molar-refractivity contribution in [2.24, 2.45) is 5.41 Å². The topological polar surface area (TPSA) is 56.3 Å². The van der Waals surface area contributed by atoms with Crippen molar-refractivity contribution in [2.75, 3.05) is 20.8 Å². The van der Waals surface area contributed by atoms with Gasteiger partial charge < -0.3 is 14.8 Å². The van der Waals surface area contributed by atoms with Gasteiger partial charge in [-0.3, -0.25) is 0 Å². The van der Waals surface area contributed by atoms with Crippen molar-refractivity contribution in [1.29, 1.82) is 0 Å². The molecular weight excluding hydrogens is 242 g/mol. The van der Waals surface area contributed by atoms with Gasteiger partial charge in [0.2, 0.25) is 11.8 Å². The first kappa shape index (κ1) is 14.1. The fourth-order valence-corrected chi connectivity index (χ4v) is 2.78. The Morgan fingerprint density at radius 3 is 2.26 bits per heavy atom. The normalized spacial score (nSPS) is 17.4. The zero-order valence-electron chi connectivity index (χ0n) is 12.0. The Morgan fingerprint density at radius 2 is 1.74 bits per heavy atom. The third kappa shape index (κ3) is 3.35. The van der Waals surface area contributed by atoms with Crippen LogP contribution in [-0.2, 0) is 6.54 Å². The van der Waals surface area contributed by atoms with Crippen molar-refractivity contribution < 1.29 is 9.47 Å². The molecule has 0 unspecified atom stereocenters. The first-order chi connectivity index (χ1) is 9.18. The van der Waals surface area contributed by atoms with Crippen LogP contribution in [0.4, 0.5) is 0 Å². The molecule has 0 radical (unpaired) electrons. The summed E-state index contributed by atoms with van der Waals surface area (Å²) in [6.45, 7) is 4.03. The molecule has 1 aliphatic rings. The molecule has 1 aromatic rings. The fraction of sp³-hybridized carbons (Fsp3) is 0.714. The first-order valence-corrected chi connectivity index (χ1v) is 6.81. The zero-order valence-corrected chi connectivity index (χ0v) is 12.0. The number of ether oxygens (including phenoxy) is 2. The average Bonchev–Trinajstić information content (AvgIpc) is 2.85. The summed E-state index contributed by atoms with van der Waals surface area (Å²) in [5, 5.41) is 3.49. The van der Waals surface area contributed by atoms with Gasteiger partial charge in [-0.15, -0.1) is 0 Å². The molecule has 5 heteroatoms. The molecule has 19 heavy (non-hydrogen) atoms. The molecule has 0 aliphatic heterocycles. The second kappa shape index (κ2) is 6.19. The van der Waals surface area contributed by atoms with E-state index in [-0.39, 0.29) is 0 Å². The Hall–Kier alpha value is -1.36. The van der Waals surface area contributed by atoms with Gasteiger partial charge in [0.1, 0.15) is 6.33 Å². The van der Waals surface area contributed by atoms with Crippen molar-refractivity contribution in [2.45, 2.75) is 39.2 Å². The highest BCUT2D eigenvalue weighted by molar-refractivity contribution is 5.34. The maximum absolute atomic E-state index is 5.26. The number of rotatable bonds is 6. The quantitative estimate of drug-likeness (QED) is 0.854. The Morgan fingerprint density at radius 1 is 1.16 bits per heavy atom. The smallest absolute Gasteiger partial charge is 0.224 e. The predicted molar refractivity (Wildman–Crippen MR) is 73.4 cm³/mol. The third-order valence-electron chi connectivity index (χ3n) is 3.92. The minimum absolute atomic E-state index is 0.427. The van der Waals surface area contributed by atoms with Gasteiger partial charge >= 0.3 is 0 Å². The van der Waals surface area contributed by atoms with E-state index in [1.54, 1.807) is 14.2 Å². The number of hydrogen-bond acceptors (Lipinski definition) is 5. The molecule has 0 amide bonds. The number of hydrogen-bond donors (Lipinski definition) is 1. The molecule has 0 spiro atoms. The highest BCUT2D eigenvalue weighted by Gasteiger charge is 2.28. The second-order valence-electron chi connectivity index (χ2n) is 5.49. The van der Waals surface area contributed by atoms with Crippen LogP contribution in [0.5, 0.6) is 11.8 Å². The van der Waals surface area contributed by atoms with Gasteiger partial charge in [-0.1, -0.05) is 19.8 Å². The van der Waals surface area contributed by atoms with Crippen LogP contribution in [0, 0.1) is 5.41 Å². The maximum Gasteiger partial charge on any atom is 0.224 e. The van der Waals surface area contributed by atoms with E-state index in [9.17, 15) is 0 Å². The Bertz CT molecular complexity index is 395. The molecule has 2 rings (SSSR count). The van der Waals surface area contributed by atoms with Crippen LogP contribution in [-0.4, -0.2) is 30.7 Å². The van der Waals surface area contributed by atoms with Crippen LogP contribution in [0.1, 0.15) is 38.2 Å². The molecule has 1 aromatic heterocycles. The monoisotopic (exact) mass is 265 g/mol. The predicted octanol–water partition coefficient (Wildman–Crippen LogP) is 2.16. The van der Waals surface area contributed by atoms with Gasteiger partial charge in [-0.25, -0.2) is 9.97 Å². The Kier molecular flexibility index (Phi) is 4.58. The van der Waals surface area contributed by atoms with Gasteiger partial charge in [0.25, 0.3) is 0 Å². The minimum atomic E-state index is 0.427. The van der Waals surface area contributed by atoms with Gasteiger partial charge in [0.05, 0.1) is 19.8 Å². The van der Waals surface area contributed by atoms with Crippen LogP contribution < -0.4 is 14.8 Å². The van der Waals surface area contributed by atoms with E-state index in [1.165, 1.54) is 32.0 Å². The lowest BCUT2D eigenvalue weighted by atomic mass is 9.89. The number of aromatic nitrogens is 2. The molecular formula is C14H23N3O2. The maximum atomic E-state index is 5.26. The second-order valence-corrected chi connectivity index (χ2v) is 5.49. The minimum Gasteiger partial charge on any atom is -0.481 e. The van der Waals surface area contributed by atoms with Crippen LogP contribution in [0.3, 0.4) is 0 Å². The summed E-state index contributed by atoms with van der Waals surface area (Å²) in [7, 11) is 3.23. The highest BCUT2D eigenvalue weighted by atomic mass is 16.5. The van der Waals surface area contributed by atoms with Crippen LogP contribution in [0.2, 0.25) is 0 Å². The zero-order chi connectivity index (χ0) is 13.7. The van der Waals surface area contributed by atoms with Gasteiger partial charge in [-0.05, 0) is 18.3 Å². The van der Waals surface area contributed by atoms with E-state index < -0.39 is 0 Å². The summed E-state index contributed by atoms with van der Waals surface area (Å²) in [5.41, 5.74) is 1.31. The number of methoxy groups -OCH3 is 2. The highest BCUT2D eigenvalue weighted by Crippen LogP contribution is 2.36. The average molecular weight is 265 g/mol. The lowest BCUT2D eigenvalue weighted by molar-refractivity contribution is 0.308. The summed E-state index contributed by atoms with van der Waals surface area (Å²) < 4.78 is 10.5. The van der Waals surface area contributed by atoms with Crippen LogP contribution in [0.15, 0.2) is 6.33 Å². The Balaban J connectivity index is 1.98. The Labute approximate surface area is 114 Å². The molecule has 1 fully saturated rings. The molecule has 0 bridgehead atoms. The standard InChI is InChI=1S/C14H23N3O2/c1-14(6-4-5-7-14)9-15-8-11-12(18-2)16-10-17-13(11)19-3/h10,15H,4-9H2,1-3H3. The van der Waals surface area contributed by atoms with Gasteiger partial charge in [0, 0.05) is 13.1 Å². The third-order valence-corrected chi connectivity index (χ3v) is 3.92. The molecule has 0 saturated heterocycles. The molecule has 0 atom stereocenters. The lowest BCUT2D eigenvalue weighted by Crippen LogP contribution is -2.29. The van der Waals surface area contributed by atoms with E-state index in [0.717, 1.165) is 12.1 Å². The van der Waals surface area contributed by atoms with Crippen molar-refractivity contribution in [3.63, 3.8) is 0 Å². The van der Waals surface area contributed by atoms with Gasteiger partial charge in [0.15, 0.2) is 0 Å². The summed E-state index contributed by atoms with van der Waals surface area (Å²) in [6.07, 6.45) is 6.76. The summed E-state index contributed by atoms with van der Waals surface area (Å²) in [5.74, 6) is 1.16. The SMILES string of the molecule is COc1ncnc(OC)c1CNCC1(C)CCCC1. The molecule has 0 aromatic carbocycles. The van der Waals surface area contributed by atoms with Crippen molar-refractivity contribution in [1.82, 2.24) is 15.3 Å². The number of nitrogens with one attached hydrogen (secondary N) is 1. The molecule has 1 saturated carbocycles. The van der Waals surface area contributed by atoms with Gasteiger partial charge in [-0.2, -0.15) is 0 Å². The summed E-state index contributed by atoms with van der Waals surface area (Å²) in [4.78, 5) is 8.24. The van der Waals surface area contributed by atoms with E-state index >= 15 is 0 Å². The van der Waals surface area contributed by atoms with E-state index in [0.29, 0.717) is 23.7 Å². The van der Waals surface area contributed by atoms with Crippen molar-refractivity contribution >= 4 is 0 Å². The lowest BCUT2D eigenvalue weighted by Gasteiger charge is -2.24. The fourth-order valence-electron chi connectivity index (χ4n) is 2.78. The van der Waals surface area contributed by atoms with Crippen molar-refractivity contribution in [3.8, 4) is 11.8 Å². The largest absolute Gasteiger partial charge is 0.481 e. The first-order valence-electron chi connectivity index (χ1n) is 6.81. The molecule has 1 heterocycles. The molecule has 106 valence electrons. The number of nitrogens with zero attached hydrogens (tertiary/aromatic N) is 2. The summed E-state index contributed by atoms with van der Waals surface area (Å²) >= 11 is 0. The molecule has 5 nitrogen and oxygen atoms in total. The summed E-state index contributed by atoms with van der Waals surface area (Å²) in [6, 6.07) is 0. The molecule has 1 aliphatic carbocycles. The van der Waals surface area contributed by atoms with E-state index in [1.807, 2.05) is 0 Å². The van der Waals surface area contributed by atoms with E-state index in [2.05, 4.69) is 22.2 Å². The van der Waals surface area contributed by atoms with Crippen molar-refractivity contribution in [3.05, 3.63) is 11.9 Å². The van der Waals surface area contributed by atoms with Crippen LogP contribution >= 0.6 is 0 Å². The van der Waals surface area contributed by atoms with E-state index in [4.69, 9.17) is 9.47 Å².